The van der Waals surface area contributed by atoms with Crippen LogP contribution in [-0.4, -0.2) is 0 Å². The van der Waals surface area contributed by atoms with Gasteiger partial charge in [0.1, 0.15) is 0 Å². The Hall–Kier alpha value is -7.42. The molecule has 0 N–H and O–H groups in total. The SMILES string of the molecule is C(=Cc1ccc(N(c2cccc3ccccc23)c2cccc3ccccc23)cc1)c1ccc(N(c2cccc3ccccc23)c2cccc3ccccc23)cc1. The first kappa shape index (κ1) is 33.2. The molecule has 0 unspecified atom stereocenters. The van der Waals surface area contributed by atoms with E-state index in [4.69, 9.17) is 0 Å². The fourth-order valence-electron chi connectivity index (χ4n) is 8.09. The third kappa shape index (κ3) is 6.14. The number of nitrogens with zero attached hydrogens (tertiary/aromatic N) is 2. The summed E-state index contributed by atoms with van der Waals surface area (Å²) in [6.07, 6.45) is 4.40. The minimum atomic E-state index is 1.11. The van der Waals surface area contributed by atoms with Crippen LogP contribution in [0.3, 0.4) is 0 Å². The molecule has 0 aliphatic carbocycles. The second-order valence-electron chi connectivity index (χ2n) is 14.2. The fourth-order valence-corrected chi connectivity index (χ4v) is 8.09. The molecular weight excluding hydrogens is 677 g/mol. The first-order chi connectivity index (χ1) is 27.8. The van der Waals surface area contributed by atoms with E-state index in [9.17, 15) is 0 Å². The van der Waals surface area contributed by atoms with Gasteiger partial charge in [0, 0.05) is 32.9 Å². The zero-order valence-corrected chi connectivity index (χ0v) is 30.8. The highest BCUT2D eigenvalue weighted by Crippen LogP contribution is 2.43. The van der Waals surface area contributed by atoms with E-state index in [-0.39, 0.29) is 0 Å². The summed E-state index contributed by atoms with van der Waals surface area (Å²) in [7, 11) is 0. The number of fused-ring (bicyclic) bond motifs is 4. The third-order valence-electron chi connectivity index (χ3n) is 10.8. The van der Waals surface area contributed by atoms with Gasteiger partial charge in [-0.25, -0.2) is 0 Å². The standard InChI is InChI=1S/C54H38N2/c1-5-21-47-41(13-1)17-9-25-51(47)55(52-26-10-18-42-14-2-6-22-48(42)52)45-35-31-39(32-36-45)29-30-40-33-37-46(38-34-40)56(53-27-11-19-43-15-3-7-23-49(43)53)54-28-12-20-44-16-4-8-24-50(44)54/h1-38H. The molecule has 0 saturated heterocycles. The van der Waals surface area contributed by atoms with Crippen LogP contribution in [0.2, 0.25) is 0 Å². The molecule has 10 rings (SSSR count). The second-order valence-corrected chi connectivity index (χ2v) is 14.2. The molecule has 264 valence electrons. The summed E-state index contributed by atoms with van der Waals surface area (Å²) >= 11 is 0. The Morgan fingerprint density at radius 2 is 0.482 bits per heavy atom. The molecule has 0 spiro atoms. The van der Waals surface area contributed by atoms with E-state index in [2.05, 4.69) is 240 Å². The molecule has 10 aromatic carbocycles. The highest BCUT2D eigenvalue weighted by Gasteiger charge is 2.19. The molecule has 56 heavy (non-hydrogen) atoms. The molecule has 10 aromatic rings. The van der Waals surface area contributed by atoms with Crippen LogP contribution < -0.4 is 9.80 Å². The summed E-state index contributed by atoms with van der Waals surface area (Å²) in [5, 5.41) is 9.75. The summed E-state index contributed by atoms with van der Waals surface area (Å²) < 4.78 is 0. The molecule has 2 nitrogen and oxygen atoms in total. The lowest BCUT2D eigenvalue weighted by molar-refractivity contribution is 1.31. The van der Waals surface area contributed by atoms with Gasteiger partial charge >= 0.3 is 0 Å². The van der Waals surface area contributed by atoms with Gasteiger partial charge in [0.25, 0.3) is 0 Å². The summed E-state index contributed by atoms with van der Waals surface area (Å²) in [4.78, 5) is 4.79. The van der Waals surface area contributed by atoms with E-state index < -0.39 is 0 Å². The quantitative estimate of drug-likeness (QED) is 0.145. The first-order valence-corrected chi connectivity index (χ1v) is 19.2. The molecule has 0 fully saturated rings. The molecule has 0 aliphatic rings. The van der Waals surface area contributed by atoms with Gasteiger partial charge in [-0.2, -0.15) is 0 Å². The van der Waals surface area contributed by atoms with Crippen LogP contribution in [0.15, 0.2) is 218 Å². The van der Waals surface area contributed by atoms with Crippen LogP contribution in [0.1, 0.15) is 11.1 Å². The van der Waals surface area contributed by atoms with Gasteiger partial charge in [0.15, 0.2) is 0 Å². The van der Waals surface area contributed by atoms with Crippen molar-refractivity contribution < 1.29 is 0 Å². The lowest BCUT2D eigenvalue weighted by Gasteiger charge is -2.28. The average Bonchev–Trinajstić information content (AvgIpc) is 3.27. The second kappa shape index (κ2) is 14.4. The fraction of sp³-hybridized carbons (Fsp3) is 0. The Bertz CT molecular complexity index is 2640. The minimum absolute atomic E-state index is 1.11. The molecule has 0 aliphatic heterocycles. The molecule has 0 aromatic heterocycles. The number of hydrogen-bond donors (Lipinski definition) is 0. The van der Waals surface area contributed by atoms with Crippen LogP contribution in [0, 0.1) is 0 Å². The van der Waals surface area contributed by atoms with Crippen molar-refractivity contribution in [3.63, 3.8) is 0 Å². The van der Waals surface area contributed by atoms with Gasteiger partial charge in [-0.1, -0.05) is 182 Å². The van der Waals surface area contributed by atoms with E-state index in [0.717, 1.165) is 45.3 Å². The normalized spacial score (nSPS) is 11.5. The van der Waals surface area contributed by atoms with Crippen molar-refractivity contribution in [3.05, 3.63) is 230 Å². The number of benzene rings is 10. The summed E-state index contributed by atoms with van der Waals surface area (Å²) in [5.41, 5.74) is 9.13. The highest BCUT2D eigenvalue weighted by molar-refractivity contribution is 6.06. The van der Waals surface area contributed by atoms with E-state index in [0.29, 0.717) is 0 Å². The summed E-state index contributed by atoms with van der Waals surface area (Å²) in [6, 6.07) is 78.6. The molecule has 0 bridgehead atoms. The van der Waals surface area contributed by atoms with Crippen molar-refractivity contribution in [1.29, 1.82) is 0 Å². The lowest BCUT2D eigenvalue weighted by Crippen LogP contribution is -2.11. The van der Waals surface area contributed by atoms with E-state index in [1.807, 2.05) is 0 Å². The topological polar surface area (TPSA) is 6.48 Å². The zero-order chi connectivity index (χ0) is 37.3. The van der Waals surface area contributed by atoms with E-state index in [1.165, 1.54) is 43.1 Å². The maximum absolute atomic E-state index is 2.40. The first-order valence-electron chi connectivity index (χ1n) is 19.2. The summed E-state index contributed by atoms with van der Waals surface area (Å²) in [6.45, 7) is 0. The Balaban J connectivity index is 0.993. The third-order valence-corrected chi connectivity index (χ3v) is 10.8. The van der Waals surface area contributed by atoms with Crippen LogP contribution >= 0.6 is 0 Å². The number of anilines is 6. The number of hydrogen-bond acceptors (Lipinski definition) is 2. The van der Waals surface area contributed by atoms with Crippen molar-refractivity contribution >= 4 is 89.4 Å². The van der Waals surface area contributed by atoms with Crippen molar-refractivity contribution in [2.45, 2.75) is 0 Å². The molecule has 0 heterocycles. The lowest BCUT2D eigenvalue weighted by atomic mass is 10.0. The monoisotopic (exact) mass is 714 g/mol. The Kier molecular flexibility index (Phi) is 8.55. The van der Waals surface area contributed by atoms with Gasteiger partial charge < -0.3 is 9.80 Å². The van der Waals surface area contributed by atoms with Gasteiger partial charge in [0.05, 0.1) is 22.7 Å². The Labute approximate surface area is 327 Å². The summed E-state index contributed by atoms with van der Waals surface area (Å²) in [5.74, 6) is 0. The van der Waals surface area contributed by atoms with Crippen molar-refractivity contribution in [1.82, 2.24) is 0 Å². The molecule has 0 atom stereocenters. The highest BCUT2D eigenvalue weighted by atomic mass is 15.2. The van der Waals surface area contributed by atoms with E-state index >= 15 is 0 Å². The maximum atomic E-state index is 2.40. The molecule has 0 amide bonds. The maximum Gasteiger partial charge on any atom is 0.0540 e. The van der Waals surface area contributed by atoms with Crippen molar-refractivity contribution in [3.8, 4) is 0 Å². The van der Waals surface area contributed by atoms with Gasteiger partial charge in [-0.15, -0.1) is 0 Å². The van der Waals surface area contributed by atoms with E-state index in [1.54, 1.807) is 0 Å². The van der Waals surface area contributed by atoms with Crippen LogP contribution in [-0.2, 0) is 0 Å². The average molecular weight is 715 g/mol. The smallest absolute Gasteiger partial charge is 0.0540 e. The molecule has 0 saturated carbocycles. The molecule has 2 heteroatoms. The van der Waals surface area contributed by atoms with Crippen LogP contribution in [0.25, 0.3) is 55.2 Å². The Morgan fingerprint density at radius 3 is 0.768 bits per heavy atom. The molecule has 0 radical (unpaired) electrons. The Morgan fingerprint density at radius 1 is 0.232 bits per heavy atom. The number of rotatable bonds is 8. The van der Waals surface area contributed by atoms with Gasteiger partial charge in [0.2, 0.25) is 0 Å². The van der Waals surface area contributed by atoms with Gasteiger partial charge in [-0.05, 0) is 81.2 Å². The minimum Gasteiger partial charge on any atom is -0.309 e. The predicted molar refractivity (Wildman–Crippen MR) is 241 cm³/mol. The van der Waals surface area contributed by atoms with Crippen LogP contribution in [0.5, 0.6) is 0 Å². The van der Waals surface area contributed by atoms with Crippen LogP contribution in [0.4, 0.5) is 34.1 Å². The van der Waals surface area contributed by atoms with Crippen molar-refractivity contribution in [2.75, 3.05) is 9.80 Å². The largest absolute Gasteiger partial charge is 0.309 e. The predicted octanol–water partition coefficient (Wildman–Crippen LogP) is 15.4. The van der Waals surface area contributed by atoms with Crippen molar-refractivity contribution in [2.24, 2.45) is 0 Å². The molecular formula is C54H38N2. The zero-order valence-electron chi connectivity index (χ0n) is 30.8. The van der Waals surface area contributed by atoms with Gasteiger partial charge in [-0.3, -0.25) is 0 Å².